The minimum absolute atomic E-state index is 0.137. The molecule has 1 fully saturated rings. The topological polar surface area (TPSA) is 88.2 Å². The first-order valence-electron chi connectivity index (χ1n) is 10.1. The number of hydrogen-bond acceptors (Lipinski definition) is 5. The molecule has 1 saturated heterocycles. The first kappa shape index (κ1) is 21.9. The second kappa shape index (κ2) is 8.89. The minimum Gasteiger partial charge on any atom is -0.483 e. The second-order valence-electron chi connectivity index (χ2n) is 8.48. The van der Waals surface area contributed by atoms with Crippen molar-refractivity contribution in [3.8, 4) is 5.75 Å². The van der Waals surface area contributed by atoms with Gasteiger partial charge in [-0.1, -0.05) is 0 Å². The predicted octanol–water partition coefficient (Wildman–Crippen LogP) is 2.06. The number of likely N-dealkylation sites (tertiary alicyclic amines) is 1. The Bertz CT molecular complexity index is 823. The van der Waals surface area contributed by atoms with Gasteiger partial charge in [0.05, 0.1) is 0 Å². The van der Waals surface area contributed by atoms with Crippen molar-refractivity contribution in [2.24, 2.45) is 0 Å². The van der Waals surface area contributed by atoms with E-state index in [9.17, 15) is 18.8 Å². The maximum Gasteiger partial charge on any atom is 0.410 e. The highest BCUT2D eigenvalue weighted by Crippen LogP contribution is 2.24. The van der Waals surface area contributed by atoms with Crippen molar-refractivity contribution in [1.29, 1.82) is 0 Å². The van der Waals surface area contributed by atoms with E-state index in [1.807, 2.05) is 0 Å². The molecule has 1 atom stereocenters. The second-order valence-corrected chi connectivity index (χ2v) is 8.48. The van der Waals surface area contributed by atoms with Crippen LogP contribution in [0.3, 0.4) is 0 Å². The number of ether oxygens (including phenoxy) is 2. The summed E-state index contributed by atoms with van der Waals surface area (Å²) in [5.74, 6) is -0.431. The van der Waals surface area contributed by atoms with Gasteiger partial charge in [-0.05, 0) is 51.8 Å². The van der Waals surface area contributed by atoms with E-state index in [0.717, 1.165) is 6.42 Å². The lowest BCUT2D eigenvalue weighted by Crippen LogP contribution is -2.49. The summed E-state index contributed by atoms with van der Waals surface area (Å²) < 4.78 is 24.3. The van der Waals surface area contributed by atoms with Crippen molar-refractivity contribution in [2.75, 3.05) is 26.2 Å². The van der Waals surface area contributed by atoms with Gasteiger partial charge in [0.1, 0.15) is 23.2 Å². The number of nitrogens with zero attached hydrogens (tertiary/aromatic N) is 2. The number of benzene rings is 1. The number of halogens is 1. The van der Waals surface area contributed by atoms with E-state index in [1.54, 1.807) is 20.8 Å². The third kappa shape index (κ3) is 5.40. The molecule has 2 aliphatic heterocycles. The molecule has 0 spiro atoms. The summed E-state index contributed by atoms with van der Waals surface area (Å²) in [6.07, 6.45) is 0.786. The predicted molar refractivity (Wildman–Crippen MR) is 106 cm³/mol. The van der Waals surface area contributed by atoms with Gasteiger partial charge in [-0.25, -0.2) is 9.18 Å². The van der Waals surface area contributed by atoms with Crippen molar-refractivity contribution in [3.63, 3.8) is 0 Å². The SMILES string of the molecule is CC(C)(C)OC(=O)N1CCC[C@@H]1C(=O)NCCN1Cc2cc(F)ccc2OCC1=O. The van der Waals surface area contributed by atoms with Gasteiger partial charge in [-0.15, -0.1) is 0 Å². The number of carbonyl (C=O) groups excluding carboxylic acids is 3. The van der Waals surface area contributed by atoms with Gasteiger partial charge >= 0.3 is 6.09 Å². The van der Waals surface area contributed by atoms with Gasteiger partial charge in [-0.3, -0.25) is 14.5 Å². The lowest BCUT2D eigenvalue weighted by molar-refractivity contribution is -0.133. The summed E-state index contributed by atoms with van der Waals surface area (Å²) >= 11 is 0. The largest absolute Gasteiger partial charge is 0.483 e. The van der Waals surface area contributed by atoms with Crippen LogP contribution >= 0.6 is 0 Å². The summed E-state index contributed by atoms with van der Waals surface area (Å²) in [7, 11) is 0. The quantitative estimate of drug-likeness (QED) is 0.804. The summed E-state index contributed by atoms with van der Waals surface area (Å²) in [4.78, 5) is 40.2. The molecule has 30 heavy (non-hydrogen) atoms. The molecule has 0 unspecified atom stereocenters. The van der Waals surface area contributed by atoms with Crippen LogP contribution in [0.25, 0.3) is 0 Å². The van der Waals surface area contributed by atoms with Crippen LogP contribution in [0.4, 0.5) is 9.18 Å². The molecule has 1 aromatic carbocycles. The molecule has 1 aromatic rings. The Hall–Kier alpha value is -2.84. The average molecular weight is 421 g/mol. The standard InChI is InChI=1S/C21H28FN3O5/c1-21(2,3)30-20(28)25-9-4-5-16(25)19(27)23-8-10-24-12-14-11-15(22)6-7-17(14)29-13-18(24)26/h6-7,11,16H,4-5,8-10,12-13H2,1-3H3,(H,23,27)/t16-/m1/s1. The normalized spacial score (nSPS) is 19.1. The average Bonchev–Trinajstić information content (AvgIpc) is 3.09. The van der Waals surface area contributed by atoms with Crippen LogP contribution in [0, 0.1) is 5.82 Å². The fraction of sp³-hybridized carbons (Fsp3) is 0.571. The molecule has 164 valence electrons. The zero-order valence-electron chi connectivity index (χ0n) is 17.6. The first-order chi connectivity index (χ1) is 14.1. The van der Waals surface area contributed by atoms with E-state index in [2.05, 4.69) is 5.32 Å². The fourth-order valence-electron chi connectivity index (χ4n) is 3.55. The van der Waals surface area contributed by atoms with Gasteiger partial charge in [-0.2, -0.15) is 0 Å². The van der Waals surface area contributed by atoms with Crippen molar-refractivity contribution in [1.82, 2.24) is 15.1 Å². The Morgan fingerprint density at radius 1 is 1.33 bits per heavy atom. The molecule has 0 aromatic heterocycles. The summed E-state index contributed by atoms with van der Waals surface area (Å²) in [6.45, 7) is 6.34. The number of nitrogens with one attached hydrogen (secondary N) is 1. The van der Waals surface area contributed by atoms with Crippen LogP contribution in [-0.2, 0) is 20.9 Å². The lowest BCUT2D eigenvalue weighted by atomic mass is 10.2. The highest BCUT2D eigenvalue weighted by molar-refractivity contribution is 5.86. The molecule has 3 rings (SSSR count). The Labute approximate surface area is 175 Å². The van der Waals surface area contributed by atoms with Crippen LogP contribution in [0.5, 0.6) is 5.75 Å². The van der Waals surface area contributed by atoms with E-state index in [0.29, 0.717) is 24.3 Å². The van der Waals surface area contributed by atoms with Gasteiger partial charge in [0.25, 0.3) is 5.91 Å². The smallest absolute Gasteiger partial charge is 0.410 e. The van der Waals surface area contributed by atoms with Crippen molar-refractivity contribution in [3.05, 3.63) is 29.6 Å². The zero-order valence-corrected chi connectivity index (χ0v) is 17.6. The molecular formula is C21H28FN3O5. The maximum atomic E-state index is 13.5. The Kier molecular flexibility index (Phi) is 6.48. The zero-order chi connectivity index (χ0) is 21.9. The molecule has 0 radical (unpaired) electrons. The van der Waals surface area contributed by atoms with Crippen LogP contribution < -0.4 is 10.1 Å². The maximum absolute atomic E-state index is 13.5. The molecule has 9 heteroatoms. The molecule has 0 aliphatic carbocycles. The molecule has 8 nitrogen and oxygen atoms in total. The molecular weight excluding hydrogens is 393 g/mol. The highest BCUT2D eigenvalue weighted by atomic mass is 19.1. The third-order valence-corrected chi connectivity index (χ3v) is 4.95. The van der Waals surface area contributed by atoms with Crippen molar-refractivity contribution < 1.29 is 28.2 Å². The van der Waals surface area contributed by atoms with Crippen molar-refractivity contribution >= 4 is 17.9 Å². The summed E-state index contributed by atoms with van der Waals surface area (Å²) in [6, 6.07) is 3.56. The van der Waals surface area contributed by atoms with E-state index in [-0.39, 0.29) is 38.1 Å². The first-order valence-corrected chi connectivity index (χ1v) is 10.1. The Morgan fingerprint density at radius 2 is 2.10 bits per heavy atom. The Balaban J connectivity index is 1.54. The molecule has 0 saturated carbocycles. The van der Waals surface area contributed by atoms with Crippen LogP contribution in [0.1, 0.15) is 39.2 Å². The number of hydrogen-bond donors (Lipinski definition) is 1. The minimum atomic E-state index is -0.633. The third-order valence-electron chi connectivity index (χ3n) is 4.95. The summed E-state index contributed by atoms with van der Waals surface area (Å²) in [5.41, 5.74) is -0.0508. The van der Waals surface area contributed by atoms with Gasteiger partial charge < -0.3 is 19.7 Å². The van der Waals surface area contributed by atoms with E-state index in [1.165, 1.54) is 28.0 Å². The fourth-order valence-corrected chi connectivity index (χ4v) is 3.55. The van der Waals surface area contributed by atoms with Crippen molar-refractivity contribution in [2.45, 2.75) is 51.8 Å². The van der Waals surface area contributed by atoms with E-state index >= 15 is 0 Å². The van der Waals surface area contributed by atoms with Crippen LogP contribution in [0.15, 0.2) is 18.2 Å². The van der Waals surface area contributed by atoms with Gasteiger partial charge in [0.2, 0.25) is 5.91 Å². The van der Waals surface area contributed by atoms with E-state index in [4.69, 9.17) is 9.47 Å². The van der Waals surface area contributed by atoms with Crippen LogP contribution in [-0.4, -0.2) is 65.6 Å². The lowest BCUT2D eigenvalue weighted by Gasteiger charge is -2.28. The number of fused-ring (bicyclic) bond motifs is 1. The van der Waals surface area contributed by atoms with Gasteiger partial charge in [0.15, 0.2) is 6.61 Å². The Morgan fingerprint density at radius 3 is 2.83 bits per heavy atom. The van der Waals surface area contributed by atoms with E-state index < -0.39 is 23.6 Å². The molecule has 1 N–H and O–H groups in total. The molecule has 2 aliphatic rings. The van der Waals surface area contributed by atoms with Crippen LogP contribution in [0.2, 0.25) is 0 Å². The molecule has 2 heterocycles. The number of carbonyl (C=O) groups is 3. The highest BCUT2D eigenvalue weighted by Gasteiger charge is 2.36. The molecule has 0 bridgehead atoms. The molecule has 3 amide bonds. The summed E-state index contributed by atoms with van der Waals surface area (Å²) in [5, 5.41) is 2.80. The monoisotopic (exact) mass is 421 g/mol. The number of rotatable bonds is 4. The number of amides is 3. The van der Waals surface area contributed by atoms with Gasteiger partial charge in [0, 0.05) is 31.7 Å².